The van der Waals surface area contributed by atoms with Crippen molar-refractivity contribution in [3.05, 3.63) is 35.9 Å². The molecule has 1 aromatic carbocycles. The molecule has 0 aromatic heterocycles. The first-order chi connectivity index (χ1) is 9.74. The van der Waals surface area contributed by atoms with Crippen LogP contribution in [0.15, 0.2) is 30.3 Å². The number of amides is 1. The van der Waals surface area contributed by atoms with E-state index in [9.17, 15) is 9.59 Å². The highest BCUT2D eigenvalue weighted by molar-refractivity contribution is 5.84. The normalized spacial score (nSPS) is 25.5. The lowest BCUT2D eigenvalue weighted by atomic mass is 9.96. The Bertz CT molecular complexity index is 502. The minimum absolute atomic E-state index is 0.103. The molecule has 20 heavy (non-hydrogen) atoms. The summed E-state index contributed by atoms with van der Waals surface area (Å²) in [5, 5.41) is 0. The lowest BCUT2D eigenvalue weighted by Crippen LogP contribution is -2.50. The zero-order valence-corrected chi connectivity index (χ0v) is 11.2. The SMILES string of the molecule is O=C1C[C@H](COCc2ccccc2)N2C(=O)OC[C@H]2C1. The van der Waals surface area contributed by atoms with Crippen molar-refractivity contribution in [3.8, 4) is 0 Å². The van der Waals surface area contributed by atoms with Gasteiger partial charge in [-0.05, 0) is 5.56 Å². The highest BCUT2D eigenvalue weighted by Crippen LogP contribution is 2.26. The first kappa shape index (κ1) is 13.1. The highest BCUT2D eigenvalue weighted by Gasteiger charge is 2.43. The summed E-state index contributed by atoms with van der Waals surface area (Å²) < 4.78 is 10.7. The molecular formula is C15H17NO4. The van der Waals surface area contributed by atoms with Gasteiger partial charge in [-0.15, -0.1) is 0 Å². The number of fused-ring (bicyclic) bond motifs is 1. The third-order valence-corrected chi connectivity index (χ3v) is 3.75. The molecule has 2 aliphatic heterocycles. The number of hydrogen-bond acceptors (Lipinski definition) is 4. The van der Waals surface area contributed by atoms with E-state index in [-0.39, 0.29) is 24.0 Å². The summed E-state index contributed by atoms with van der Waals surface area (Å²) in [4.78, 5) is 25.1. The number of rotatable bonds is 4. The van der Waals surface area contributed by atoms with E-state index >= 15 is 0 Å². The predicted octanol–water partition coefficient (Wildman–Crippen LogP) is 1.76. The molecule has 1 aromatic rings. The first-order valence-electron chi connectivity index (χ1n) is 6.82. The minimum Gasteiger partial charge on any atom is -0.447 e. The van der Waals surface area contributed by atoms with E-state index in [1.165, 1.54) is 0 Å². The zero-order valence-electron chi connectivity index (χ0n) is 11.2. The van der Waals surface area contributed by atoms with Gasteiger partial charge in [0.1, 0.15) is 12.4 Å². The maximum absolute atomic E-state index is 11.7. The third kappa shape index (κ3) is 2.67. The summed E-state index contributed by atoms with van der Waals surface area (Å²) in [6, 6.07) is 9.54. The molecule has 2 saturated heterocycles. The average molecular weight is 275 g/mol. The number of Topliss-reactive ketones (excluding diaryl/α,β-unsaturated/α-hetero) is 1. The second-order valence-electron chi connectivity index (χ2n) is 5.24. The van der Waals surface area contributed by atoms with Crippen LogP contribution in [-0.4, -0.2) is 42.1 Å². The number of piperidine rings is 1. The molecule has 1 amide bonds. The van der Waals surface area contributed by atoms with Crippen molar-refractivity contribution in [1.82, 2.24) is 4.90 Å². The maximum atomic E-state index is 11.7. The Hall–Kier alpha value is -1.88. The summed E-state index contributed by atoms with van der Waals surface area (Å²) in [6.07, 6.45) is 0.442. The van der Waals surface area contributed by atoms with Crippen molar-refractivity contribution in [2.75, 3.05) is 13.2 Å². The molecular weight excluding hydrogens is 258 g/mol. The smallest absolute Gasteiger partial charge is 0.410 e. The number of hydrogen-bond donors (Lipinski definition) is 0. The average Bonchev–Trinajstić information content (AvgIpc) is 2.81. The molecule has 0 aliphatic carbocycles. The summed E-state index contributed by atoms with van der Waals surface area (Å²) in [5.41, 5.74) is 1.08. The van der Waals surface area contributed by atoms with Crippen LogP contribution in [0, 0.1) is 0 Å². The molecule has 0 bridgehead atoms. The lowest BCUT2D eigenvalue weighted by Gasteiger charge is -2.34. The van der Waals surface area contributed by atoms with Crippen LogP contribution in [0.25, 0.3) is 0 Å². The summed E-state index contributed by atoms with van der Waals surface area (Å²) in [5.74, 6) is 0.179. The molecule has 0 unspecified atom stereocenters. The fourth-order valence-electron chi connectivity index (χ4n) is 2.81. The van der Waals surface area contributed by atoms with Crippen molar-refractivity contribution in [3.63, 3.8) is 0 Å². The number of cyclic esters (lactones) is 1. The molecule has 0 saturated carbocycles. The molecule has 3 rings (SSSR count). The van der Waals surface area contributed by atoms with Gasteiger partial charge in [0.2, 0.25) is 0 Å². The molecule has 0 spiro atoms. The van der Waals surface area contributed by atoms with Crippen molar-refractivity contribution in [2.45, 2.75) is 31.5 Å². The topological polar surface area (TPSA) is 55.8 Å². The van der Waals surface area contributed by atoms with E-state index in [1.54, 1.807) is 4.90 Å². The number of nitrogens with zero attached hydrogens (tertiary/aromatic N) is 1. The van der Waals surface area contributed by atoms with Gasteiger partial charge in [-0.1, -0.05) is 30.3 Å². The summed E-state index contributed by atoms with van der Waals surface area (Å²) >= 11 is 0. The van der Waals surface area contributed by atoms with E-state index < -0.39 is 0 Å². The second kappa shape index (κ2) is 5.63. The van der Waals surface area contributed by atoms with Gasteiger partial charge < -0.3 is 9.47 Å². The van der Waals surface area contributed by atoms with Crippen LogP contribution in [0.5, 0.6) is 0 Å². The van der Waals surface area contributed by atoms with Crippen molar-refractivity contribution in [2.24, 2.45) is 0 Å². The fourth-order valence-corrected chi connectivity index (χ4v) is 2.81. The van der Waals surface area contributed by atoms with Crippen LogP contribution < -0.4 is 0 Å². The largest absolute Gasteiger partial charge is 0.447 e. The van der Waals surface area contributed by atoms with Gasteiger partial charge in [0.25, 0.3) is 0 Å². The number of carbonyl (C=O) groups excluding carboxylic acids is 2. The van der Waals surface area contributed by atoms with Gasteiger partial charge in [-0.3, -0.25) is 9.69 Å². The molecule has 0 radical (unpaired) electrons. The van der Waals surface area contributed by atoms with Gasteiger partial charge in [0.15, 0.2) is 0 Å². The Morgan fingerprint density at radius 1 is 1.20 bits per heavy atom. The monoisotopic (exact) mass is 275 g/mol. The third-order valence-electron chi connectivity index (χ3n) is 3.75. The molecule has 2 aliphatic rings. The molecule has 2 heterocycles. The van der Waals surface area contributed by atoms with E-state index in [2.05, 4.69) is 0 Å². The molecule has 5 heteroatoms. The number of ether oxygens (including phenoxy) is 2. The van der Waals surface area contributed by atoms with Crippen molar-refractivity contribution < 1.29 is 19.1 Å². The highest BCUT2D eigenvalue weighted by atomic mass is 16.6. The van der Waals surface area contributed by atoms with Crippen molar-refractivity contribution >= 4 is 11.9 Å². The van der Waals surface area contributed by atoms with Crippen LogP contribution in [0.1, 0.15) is 18.4 Å². The molecule has 0 N–H and O–H groups in total. The van der Waals surface area contributed by atoms with Gasteiger partial charge >= 0.3 is 6.09 Å². The van der Waals surface area contributed by atoms with Crippen LogP contribution in [0.4, 0.5) is 4.79 Å². The first-order valence-corrected chi connectivity index (χ1v) is 6.82. The Morgan fingerprint density at radius 2 is 2.00 bits per heavy atom. The van der Waals surface area contributed by atoms with E-state index in [0.717, 1.165) is 5.56 Å². The van der Waals surface area contributed by atoms with Gasteiger partial charge in [0.05, 0.1) is 25.3 Å². The van der Waals surface area contributed by atoms with Gasteiger partial charge in [-0.2, -0.15) is 0 Å². The standard InChI is InChI=1S/C15H17NO4/c17-14-6-12(16-13(7-14)10-20-15(16)18)9-19-8-11-4-2-1-3-5-11/h1-5,12-13H,6-10H2/t12-,13-/m1/s1. The second-order valence-corrected chi connectivity index (χ2v) is 5.24. The lowest BCUT2D eigenvalue weighted by molar-refractivity contribution is -0.124. The number of carbonyl (C=O) groups is 2. The Morgan fingerprint density at radius 3 is 2.80 bits per heavy atom. The van der Waals surface area contributed by atoms with Crippen LogP contribution in [0.2, 0.25) is 0 Å². The van der Waals surface area contributed by atoms with E-state index in [1.807, 2.05) is 30.3 Å². The van der Waals surface area contributed by atoms with E-state index in [0.29, 0.717) is 32.7 Å². The summed E-state index contributed by atoms with van der Waals surface area (Å²) in [6.45, 7) is 1.17. The Kier molecular flexibility index (Phi) is 3.69. The van der Waals surface area contributed by atoms with Crippen LogP contribution in [0.3, 0.4) is 0 Å². The molecule has 2 atom stereocenters. The Labute approximate surface area is 117 Å². The molecule has 106 valence electrons. The van der Waals surface area contributed by atoms with Gasteiger partial charge in [-0.25, -0.2) is 4.79 Å². The fraction of sp³-hybridized carbons (Fsp3) is 0.467. The minimum atomic E-state index is -0.323. The number of benzene rings is 1. The van der Waals surface area contributed by atoms with Crippen molar-refractivity contribution in [1.29, 1.82) is 0 Å². The maximum Gasteiger partial charge on any atom is 0.410 e. The quantitative estimate of drug-likeness (QED) is 0.840. The van der Waals surface area contributed by atoms with Crippen LogP contribution >= 0.6 is 0 Å². The number of ketones is 1. The molecule has 5 nitrogen and oxygen atoms in total. The van der Waals surface area contributed by atoms with Gasteiger partial charge in [0, 0.05) is 12.8 Å². The Balaban J connectivity index is 1.58. The molecule has 2 fully saturated rings. The predicted molar refractivity (Wildman–Crippen MR) is 71.1 cm³/mol. The van der Waals surface area contributed by atoms with Crippen LogP contribution in [-0.2, 0) is 20.9 Å². The van der Waals surface area contributed by atoms with E-state index in [4.69, 9.17) is 9.47 Å². The summed E-state index contributed by atoms with van der Waals surface area (Å²) in [7, 11) is 0. The zero-order chi connectivity index (χ0) is 13.9.